The molecule has 13 nitrogen and oxygen atoms in total. The average Bonchev–Trinajstić information content (AvgIpc) is 2.85. The first kappa shape index (κ1) is 31.1. The number of esters is 5. The summed E-state index contributed by atoms with van der Waals surface area (Å²) >= 11 is 0. The van der Waals surface area contributed by atoms with E-state index < -0.39 is 85.5 Å². The van der Waals surface area contributed by atoms with E-state index in [4.69, 9.17) is 33.2 Å². The Kier molecular flexibility index (Phi) is 10.9. The summed E-state index contributed by atoms with van der Waals surface area (Å²) < 4.78 is 51.5. The van der Waals surface area contributed by atoms with Crippen molar-refractivity contribution in [3.63, 3.8) is 0 Å². The Bertz CT molecular complexity index is 1090. The SMILES string of the molecule is COc1ccc(C(=O)COC(=O)[C@@]2(F)C[C@@H](OC(C)=O)[C@@H](OC(C)=O)C([C@@H](COC(C)=O)OC(C)=O)O2)cc1. The molecule has 1 saturated heterocycles. The summed E-state index contributed by atoms with van der Waals surface area (Å²) in [5.41, 5.74) is 0.142. The Balaban J connectivity index is 2.35. The number of benzene rings is 1. The van der Waals surface area contributed by atoms with Crippen LogP contribution < -0.4 is 4.74 Å². The molecule has 0 aliphatic carbocycles. The number of methoxy groups -OCH3 is 1. The van der Waals surface area contributed by atoms with Gasteiger partial charge in [0.1, 0.15) is 24.6 Å². The van der Waals surface area contributed by atoms with Crippen molar-refractivity contribution < 1.29 is 66.3 Å². The van der Waals surface area contributed by atoms with Gasteiger partial charge >= 0.3 is 35.7 Å². The van der Waals surface area contributed by atoms with Crippen LogP contribution in [-0.4, -0.2) is 86.2 Å². The Morgan fingerprint density at radius 2 is 1.54 bits per heavy atom. The van der Waals surface area contributed by atoms with Crippen LogP contribution in [0.5, 0.6) is 5.75 Å². The minimum atomic E-state index is -3.36. The van der Waals surface area contributed by atoms with Crippen LogP contribution in [0.3, 0.4) is 0 Å². The molecule has 1 aromatic carbocycles. The lowest BCUT2D eigenvalue weighted by Gasteiger charge is -2.44. The van der Waals surface area contributed by atoms with Crippen LogP contribution in [0.4, 0.5) is 4.39 Å². The van der Waals surface area contributed by atoms with Crippen LogP contribution in [0.1, 0.15) is 44.5 Å². The van der Waals surface area contributed by atoms with Gasteiger partial charge < -0.3 is 33.2 Å². The number of hydrogen-bond acceptors (Lipinski definition) is 13. The fraction of sp³-hybridized carbons (Fsp3) is 0.520. The Morgan fingerprint density at radius 1 is 0.923 bits per heavy atom. The van der Waals surface area contributed by atoms with E-state index in [-0.39, 0.29) is 5.56 Å². The standard InChI is InChI=1S/C25H29FO13/c1-13(27)34-12-21(37-15(3)29)23-22(38-16(4)30)20(36-14(2)28)10-25(26,39-23)24(32)35-11-19(31)17-6-8-18(33-5)9-7-17/h6-9,20-23H,10-12H2,1-5H3/t20-,21-,22-,23?,25-/m1/s1. The van der Waals surface area contributed by atoms with E-state index in [1.807, 2.05) is 0 Å². The van der Waals surface area contributed by atoms with Crippen molar-refractivity contribution in [1.82, 2.24) is 0 Å². The van der Waals surface area contributed by atoms with Crippen LogP contribution in [0.2, 0.25) is 0 Å². The van der Waals surface area contributed by atoms with E-state index in [9.17, 15) is 28.8 Å². The first-order chi connectivity index (χ1) is 18.2. The van der Waals surface area contributed by atoms with Gasteiger partial charge in [0.05, 0.1) is 13.5 Å². The summed E-state index contributed by atoms with van der Waals surface area (Å²) in [5.74, 6) is -8.77. The molecule has 39 heavy (non-hydrogen) atoms. The van der Waals surface area contributed by atoms with E-state index in [1.165, 1.54) is 31.4 Å². The Morgan fingerprint density at radius 3 is 2.05 bits per heavy atom. The highest BCUT2D eigenvalue weighted by Gasteiger charge is 2.59. The molecule has 0 saturated carbocycles. The van der Waals surface area contributed by atoms with Gasteiger partial charge in [-0.1, -0.05) is 0 Å². The fourth-order valence-corrected chi connectivity index (χ4v) is 3.70. The van der Waals surface area contributed by atoms with Crippen molar-refractivity contribution in [2.45, 2.75) is 64.4 Å². The van der Waals surface area contributed by atoms with Crippen LogP contribution in [-0.2, 0) is 52.4 Å². The second-order valence-electron chi connectivity index (χ2n) is 8.42. The second kappa shape index (κ2) is 13.6. The third-order valence-corrected chi connectivity index (χ3v) is 5.28. The maximum absolute atomic E-state index is 16.1. The van der Waals surface area contributed by atoms with E-state index in [1.54, 1.807) is 0 Å². The molecule has 0 N–H and O–H groups in total. The largest absolute Gasteiger partial charge is 0.497 e. The highest BCUT2D eigenvalue weighted by atomic mass is 19.2. The summed E-state index contributed by atoms with van der Waals surface area (Å²) in [7, 11) is 1.43. The zero-order valence-electron chi connectivity index (χ0n) is 21.9. The topological polar surface area (TPSA) is 167 Å². The van der Waals surface area contributed by atoms with Gasteiger partial charge in [-0.25, -0.2) is 4.79 Å². The van der Waals surface area contributed by atoms with Crippen molar-refractivity contribution in [3.05, 3.63) is 29.8 Å². The van der Waals surface area contributed by atoms with Gasteiger partial charge in [-0.2, -0.15) is 4.39 Å². The maximum atomic E-state index is 16.1. The zero-order chi connectivity index (χ0) is 29.3. The third-order valence-electron chi connectivity index (χ3n) is 5.28. The number of carbonyl (C=O) groups excluding carboxylic acids is 6. The number of alkyl halides is 1. The molecule has 1 fully saturated rings. The molecule has 1 aliphatic rings. The molecule has 2 rings (SSSR count). The lowest BCUT2D eigenvalue weighted by Crippen LogP contribution is -2.63. The van der Waals surface area contributed by atoms with Crippen LogP contribution in [0, 0.1) is 0 Å². The second-order valence-corrected chi connectivity index (χ2v) is 8.42. The first-order valence-corrected chi connectivity index (χ1v) is 11.6. The summed E-state index contributed by atoms with van der Waals surface area (Å²) in [6.07, 6.45) is -7.65. The number of ketones is 1. The van der Waals surface area contributed by atoms with Gasteiger partial charge in [0.2, 0.25) is 0 Å². The molecule has 1 aromatic rings. The van der Waals surface area contributed by atoms with Crippen molar-refractivity contribution in [1.29, 1.82) is 0 Å². The molecule has 0 bridgehead atoms. The van der Waals surface area contributed by atoms with Gasteiger partial charge in [-0.3, -0.25) is 24.0 Å². The average molecular weight is 556 g/mol. The van der Waals surface area contributed by atoms with Crippen LogP contribution in [0.25, 0.3) is 0 Å². The first-order valence-electron chi connectivity index (χ1n) is 11.6. The molecule has 0 spiro atoms. The number of ether oxygens (including phenoxy) is 7. The maximum Gasteiger partial charge on any atom is 0.372 e. The third kappa shape index (κ3) is 9.02. The molecule has 1 aliphatic heterocycles. The van der Waals surface area contributed by atoms with Crippen molar-refractivity contribution in [3.8, 4) is 5.75 Å². The molecule has 0 radical (unpaired) electrons. The summed E-state index contributed by atoms with van der Waals surface area (Å²) in [5, 5.41) is 0. The number of carbonyl (C=O) groups is 6. The summed E-state index contributed by atoms with van der Waals surface area (Å²) in [6.45, 7) is 2.47. The van der Waals surface area contributed by atoms with Crippen LogP contribution in [0.15, 0.2) is 24.3 Å². The minimum Gasteiger partial charge on any atom is -0.497 e. The fourth-order valence-electron chi connectivity index (χ4n) is 3.70. The van der Waals surface area contributed by atoms with Gasteiger partial charge in [0, 0.05) is 33.3 Å². The summed E-state index contributed by atoms with van der Waals surface area (Å²) in [4.78, 5) is 72.0. The van der Waals surface area contributed by atoms with E-state index in [2.05, 4.69) is 0 Å². The van der Waals surface area contributed by atoms with Crippen LogP contribution >= 0.6 is 0 Å². The lowest BCUT2D eigenvalue weighted by molar-refractivity contribution is -0.291. The quantitative estimate of drug-likeness (QED) is 0.217. The number of hydrogen-bond donors (Lipinski definition) is 0. The zero-order valence-corrected chi connectivity index (χ0v) is 21.9. The van der Waals surface area contributed by atoms with Crippen molar-refractivity contribution in [2.24, 2.45) is 0 Å². The molecule has 14 heteroatoms. The molecule has 0 amide bonds. The van der Waals surface area contributed by atoms with E-state index >= 15 is 4.39 Å². The highest BCUT2D eigenvalue weighted by Crippen LogP contribution is 2.37. The van der Waals surface area contributed by atoms with Crippen molar-refractivity contribution in [2.75, 3.05) is 20.3 Å². The summed E-state index contributed by atoms with van der Waals surface area (Å²) in [6, 6.07) is 5.81. The smallest absolute Gasteiger partial charge is 0.372 e. The van der Waals surface area contributed by atoms with Gasteiger partial charge in [0.15, 0.2) is 24.6 Å². The molecule has 214 valence electrons. The molecule has 1 heterocycles. The normalized spacial score (nSPS) is 23.0. The minimum absolute atomic E-state index is 0.142. The van der Waals surface area contributed by atoms with Gasteiger partial charge in [-0.05, 0) is 24.3 Å². The lowest BCUT2D eigenvalue weighted by atomic mass is 9.92. The molecule has 0 aromatic heterocycles. The predicted octanol–water partition coefficient (Wildman–Crippen LogP) is 1.23. The van der Waals surface area contributed by atoms with Gasteiger partial charge in [0.25, 0.3) is 0 Å². The number of rotatable bonds is 11. The van der Waals surface area contributed by atoms with Gasteiger partial charge in [-0.15, -0.1) is 0 Å². The van der Waals surface area contributed by atoms with E-state index in [0.717, 1.165) is 27.7 Å². The monoisotopic (exact) mass is 556 g/mol. The highest BCUT2D eigenvalue weighted by molar-refractivity contribution is 5.98. The Labute approximate surface area is 222 Å². The Hall–Kier alpha value is -4.07. The number of halogens is 1. The van der Waals surface area contributed by atoms with Crippen molar-refractivity contribution >= 4 is 35.6 Å². The number of Topliss-reactive ketones (excluding diaryl/α,β-unsaturated/α-hetero) is 1. The molecular weight excluding hydrogens is 527 g/mol. The predicted molar refractivity (Wildman–Crippen MR) is 125 cm³/mol. The molecule has 5 atom stereocenters. The molecular formula is C25H29FO13. The molecule has 1 unspecified atom stereocenters. The van der Waals surface area contributed by atoms with E-state index in [0.29, 0.717) is 5.75 Å².